The van der Waals surface area contributed by atoms with Crippen molar-refractivity contribution in [3.05, 3.63) is 38.0 Å². The third-order valence-corrected chi connectivity index (χ3v) is 7.57. The van der Waals surface area contributed by atoms with Crippen molar-refractivity contribution < 1.29 is 23.0 Å². The quantitative estimate of drug-likeness (QED) is 0.815. The minimum atomic E-state index is -3.92. The molecule has 2 aromatic rings. The normalized spacial score (nSPS) is 18.0. The van der Waals surface area contributed by atoms with Crippen molar-refractivity contribution in [2.45, 2.75) is 17.5 Å². The second-order valence-electron chi connectivity index (χ2n) is 5.36. The number of hydrogen-bond acceptors (Lipinski definition) is 6. The van der Waals surface area contributed by atoms with E-state index in [2.05, 4.69) is 0 Å². The Morgan fingerprint density at radius 2 is 1.88 bits per heavy atom. The number of methoxy groups -OCH3 is 2. The van der Waals surface area contributed by atoms with E-state index in [1.165, 1.54) is 20.3 Å². The van der Waals surface area contributed by atoms with Crippen LogP contribution in [0.4, 0.5) is 0 Å². The van der Waals surface area contributed by atoms with Crippen molar-refractivity contribution in [2.24, 2.45) is 0 Å². The maximum Gasteiger partial charge on any atom is 0.245 e. The van der Waals surface area contributed by atoms with Gasteiger partial charge in [0.05, 0.1) is 24.7 Å². The predicted octanol–water partition coefficient (Wildman–Crippen LogP) is 3.31. The molecular weight excluding hydrogens is 409 g/mol. The van der Waals surface area contributed by atoms with Crippen molar-refractivity contribution >= 4 is 44.6 Å². The van der Waals surface area contributed by atoms with Crippen LogP contribution in [0.5, 0.6) is 11.5 Å². The summed E-state index contributed by atoms with van der Waals surface area (Å²) >= 11 is 12.9. The highest BCUT2D eigenvalue weighted by molar-refractivity contribution is 7.89. The lowest BCUT2D eigenvalue weighted by molar-refractivity contribution is 0.127. The van der Waals surface area contributed by atoms with Crippen molar-refractivity contribution in [1.29, 1.82) is 0 Å². The number of nitrogens with zero attached hydrogens (tertiary/aromatic N) is 1. The Bertz CT molecular complexity index is 913. The monoisotopic (exact) mass is 423 g/mol. The molecule has 0 bridgehead atoms. The lowest BCUT2D eigenvalue weighted by Gasteiger charge is -2.33. The van der Waals surface area contributed by atoms with Gasteiger partial charge < -0.3 is 14.6 Å². The van der Waals surface area contributed by atoms with Gasteiger partial charge >= 0.3 is 0 Å². The molecule has 1 aromatic heterocycles. The van der Waals surface area contributed by atoms with Gasteiger partial charge in [0.25, 0.3) is 0 Å². The van der Waals surface area contributed by atoms with Crippen molar-refractivity contribution in [1.82, 2.24) is 4.31 Å². The molecule has 0 radical (unpaired) electrons. The van der Waals surface area contributed by atoms with Gasteiger partial charge in [-0.25, -0.2) is 8.42 Å². The topological polar surface area (TPSA) is 76.1 Å². The maximum atomic E-state index is 12.9. The Balaban J connectivity index is 2.08. The second-order valence-corrected chi connectivity index (χ2v) is 9.56. The summed E-state index contributed by atoms with van der Waals surface area (Å²) in [7, 11) is -0.946. The van der Waals surface area contributed by atoms with E-state index in [1.54, 1.807) is 12.1 Å². The highest BCUT2D eigenvalue weighted by atomic mass is 35.5. The largest absolute Gasteiger partial charge is 0.496 e. The maximum absolute atomic E-state index is 12.9. The number of sulfonamides is 1. The molecule has 10 heteroatoms. The first-order chi connectivity index (χ1) is 11.8. The van der Waals surface area contributed by atoms with Gasteiger partial charge in [0.15, 0.2) is 0 Å². The fourth-order valence-electron chi connectivity index (χ4n) is 2.87. The molecule has 1 aliphatic rings. The van der Waals surface area contributed by atoms with Crippen LogP contribution in [-0.2, 0) is 16.6 Å². The number of halogens is 2. The van der Waals surface area contributed by atoms with Gasteiger partial charge in [-0.05, 0) is 18.2 Å². The van der Waals surface area contributed by atoms with E-state index >= 15 is 0 Å². The van der Waals surface area contributed by atoms with Crippen molar-refractivity contribution in [3.8, 4) is 11.5 Å². The average molecular weight is 424 g/mol. The van der Waals surface area contributed by atoms with E-state index in [9.17, 15) is 13.5 Å². The molecule has 1 unspecified atom stereocenters. The van der Waals surface area contributed by atoms with Crippen LogP contribution >= 0.6 is 34.5 Å². The standard InChI is InChI=1S/C15H15Cl2NO5S2/c1-22-10-3-4-11(23-2)14-8(10)6-18(7-9(14)19)25(20,21)12-5-13(16)24-15(12)17/h3-5,9,19H,6-7H2,1-2H3. The number of thiophene rings is 1. The summed E-state index contributed by atoms with van der Waals surface area (Å²) in [5.41, 5.74) is 1.09. The lowest BCUT2D eigenvalue weighted by Crippen LogP contribution is -2.38. The SMILES string of the molecule is COc1ccc(OC)c2c1CN(S(=O)(=O)c1cc(Cl)sc1Cl)CC2O. The third kappa shape index (κ3) is 3.22. The zero-order valence-corrected chi connectivity index (χ0v) is 16.5. The van der Waals surface area contributed by atoms with Gasteiger partial charge in [0.2, 0.25) is 10.0 Å². The zero-order valence-electron chi connectivity index (χ0n) is 13.3. The molecule has 1 N–H and O–H groups in total. The van der Waals surface area contributed by atoms with Gasteiger partial charge in [0, 0.05) is 24.2 Å². The summed E-state index contributed by atoms with van der Waals surface area (Å²) in [4.78, 5) is -0.0679. The summed E-state index contributed by atoms with van der Waals surface area (Å²) < 4.78 is 38.0. The van der Waals surface area contributed by atoms with Gasteiger partial charge in [-0.1, -0.05) is 23.2 Å². The number of ether oxygens (including phenoxy) is 2. The van der Waals surface area contributed by atoms with E-state index in [4.69, 9.17) is 32.7 Å². The fraction of sp³-hybridized carbons (Fsp3) is 0.333. The first kappa shape index (κ1) is 18.8. The van der Waals surface area contributed by atoms with Crippen LogP contribution in [0.2, 0.25) is 8.67 Å². The Morgan fingerprint density at radius 1 is 1.24 bits per heavy atom. The predicted molar refractivity (Wildman–Crippen MR) is 96.4 cm³/mol. The van der Waals surface area contributed by atoms with Gasteiger partial charge in [0.1, 0.15) is 20.7 Å². The fourth-order valence-corrected chi connectivity index (χ4v) is 6.40. The van der Waals surface area contributed by atoms with Gasteiger partial charge in [-0.15, -0.1) is 11.3 Å². The Morgan fingerprint density at radius 3 is 2.44 bits per heavy atom. The second kappa shape index (κ2) is 6.94. The Labute approximate surface area is 159 Å². The first-order valence-corrected chi connectivity index (χ1v) is 10.2. The number of benzene rings is 1. The van der Waals surface area contributed by atoms with Crippen LogP contribution in [0, 0.1) is 0 Å². The summed E-state index contributed by atoms with van der Waals surface area (Å²) in [6.45, 7) is -0.0957. The van der Waals surface area contributed by atoms with Crippen molar-refractivity contribution in [2.75, 3.05) is 20.8 Å². The summed E-state index contributed by atoms with van der Waals surface area (Å²) in [5, 5.41) is 10.6. The van der Waals surface area contributed by atoms with E-state index in [-0.39, 0.29) is 26.7 Å². The molecule has 2 heterocycles. The van der Waals surface area contributed by atoms with E-state index in [1.807, 2.05) is 0 Å². The summed E-state index contributed by atoms with van der Waals surface area (Å²) in [5.74, 6) is 0.959. The molecule has 0 amide bonds. The van der Waals surface area contributed by atoms with Crippen LogP contribution in [0.3, 0.4) is 0 Å². The molecule has 25 heavy (non-hydrogen) atoms. The number of fused-ring (bicyclic) bond motifs is 1. The van der Waals surface area contributed by atoms with Crippen LogP contribution in [-0.4, -0.2) is 38.6 Å². The third-order valence-electron chi connectivity index (χ3n) is 4.00. The molecular formula is C15H15Cl2NO5S2. The summed E-state index contributed by atoms with van der Waals surface area (Å²) in [6, 6.07) is 4.67. The molecule has 0 fully saturated rings. The smallest absolute Gasteiger partial charge is 0.245 e. The highest BCUT2D eigenvalue weighted by Gasteiger charge is 2.37. The van der Waals surface area contributed by atoms with Crippen molar-refractivity contribution in [3.63, 3.8) is 0 Å². The Kier molecular flexibility index (Phi) is 5.21. The lowest BCUT2D eigenvalue weighted by atomic mass is 9.96. The van der Waals surface area contributed by atoms with Gasteiger partial charge in [-0.3, -0.25) is 0 Å². The number of hydrogen-bond donors (Lipinski definition) is 1. The van der Waals surface area contributed by atoms with Crippen LogP contribution < -0.4 is 9.47 Å². The molecule has 0 saturated heterocycles. The van der Waals surface area contributed by atoms with E-state index in [0.29, 0.717) is 22.6 Å². The minimum absolute atomic E-state index is 0.0267. The molecule has 0 spiro atoms. The number of aliphatic hydroxyl groups excluding tert-OH is 1. The highest BCUT2D eigenvalue weighted by Crippen LogP contribution is 2.42. The van der Waals surface area contributed by atoms with E-state index in [0.717, 1.165) is 15.6 Å². The molecule has 3 rings (SSSR count). The number of rotatable bonds is 4. The molecule has 1 aromatic carbocycles. The minimum Gasteiger partial charge on any atom is -0.496 e. The van der Waals surface area contributed by atoms with Crippen LogP contribution in [0.1, 0.15) is 17.2 Å². The molecule has 1 atom stereocenters. The molecule has 0 aliphatic carbocycles. The molecule has 136 valence electrons. The molecule has 1 aliphatic heterocycles. The molecule has 0 saturated carbocycles. The van der Waals surface area contributed by atoms with E-state index < -0.39 is 16.1 Å². The Hall–Kier alpha value is -1.03. The van der Waals surface area contributed by atoms with Gasteiger partial charge in [-0.2, -0.15) is 4.31 Å². The first-order valence-electron chi connectivity index (χ1n) is 7.16. The number of aliphatic hydroxyl groups is 1. The summed E-state index contributed by atoms with van der Waals surface area (Å²) in [6.07, 6.45) is -1.06. The zero-order chi connectivity index (χ0) is 18.4. The van der Waals surface area contributed by atoms with Crippen LogP contribution in [0.15, 0.2) is 23.1 Å². The molecule has 6 nitrogen and oxygen atoms in total. The van der Waals surface area contributed by atoms with Crippen LogP contribution in [0.25, 0.3) is 0 Å². The number of β-amino-alcohol motifs (C(OH)–C–C–N with tert-alkyl or cyclic N) is 1. The average Bonchev–Trinajstić information content (AvgIpc) is 2.92.